The minimum absolute atomic E-state index is 0.273. The van der Waals surface area contributed by atoms with Crippen molar-refractivity contribution in [3.05, 3.63) is 24.4 Å². The van der Waals surface area contributed by atoms with Crippen LogP contribution in [0.3, 0.4) is 0 Å². The summed E-state index contributed by atoms with van der Waals surface area (Å²) >= 11 is 3.88. The highest BCUT2D eigenvalue weighted by atomic mass is 32.1. The van der Waals surface area contributed by atoms with Crippen LogP contribution in [0.25, 0.3) is 0 Å². The fourth-order valence-corrected chi connectivity index (χ4v) is 0.802. The molecule has 0 aromatic carbocycles. The first-order chi connectivity index (χ1) is 5.72. The van der Waals surface area contributed by atoms with Crippen molar-refractivity contribution in [2.75, 3.05) is 5.75 Å². The lowest BCUT2D eigenvalue weighted by molar-refractivity contribution is -0.138. The quantitative estimate of drug-likeness (QED) is 0.445. The van der Waals surface area contributed by atoms with E-state index < -0.39 is 12.0 Å². The minimum Gasteiger partial charge on any atom is -0.480 e. The van der Waals surface area contributed by atoms with Gasteiger partial charge >= 0.3 is 5.97 Å². The van der Waals surface area contributed by atoms with Crippen LogP contribution in [-0.4, -0.2) is 22.9 Å². The zero-order valence-corrected chi connectivity index (χ0v) is 7.79. The number of thiol groups is 1. The van der Waals surface area contributed by atoms with Gasteiger partial charge in [0.25, 0.3) is 0 Å². The predicted octanol–water partition coefficient (Wildman–Crippen LogP) is 1.05. The summed E-state index contributed by atoms with van der Waals surface area (Å²) in [5.41, 5.74) is 0. The molecule has 0 fully saturated rings. The van der Waals surface area contributed by atoms with Crippen molar-refractivity contribution < 1.29 is 9.90 Å². The molecule has 0 radical (unpaired) electrons. The Morgan fingerprint density at radius 3 is 2.75 bits per heavy atom. The van der Waals surface area contributed by atoms with Gasteiger partial charge in [0.05, 0.1) is 0 Å². The average molecular weight is 187 g/mol. The van der Waals surface area contributed by atoms with E-state index in [0.29, 0.717) is 0 Å². The van der Waals surface area contributed by atoms with Crippen molar-refractivity contribution >= 4 is 18.6 Å². The van der Waals surface area contributed by atoms with Crippen molar-refractivity contribution in [1.82, 2.24) is 5.32 Å². The van der Waals surface area contributed by atoms with Gasteiger partial charge in [0.15, 0.2) is 0 Å². The molecule has 0 aromatic rings. The molecule has 0 heterocycles. The molecule has 0 bridgehead atoms. The number of nitrogens with one attached hydrogen (secondary N) is 1. The van der Waals surface area contributed by atoms with E-state index in [0.717, 1.165) is 0 Å². The summed E-state index contributed by atoms with van der Waals surface area (Å²) in [6.07, 6.45) is 6.99. The Labute approximate surface area is 77.6 Å². The van der Waals surface area contributed by atoms with Gasteiger partial charge in [-0.05, 0) is 19.2 Å². The fraction of sp³-hybridized carbons (Fsp3) is 0.375. The number of hydrogen-bond donors (Lipinski definition) is 3. The van der Waals surface area contributed by atoms with E-state index in [1.807, 2.05) is 19.1 Å². The van der Waals surface area contributed by atoms with E-state index in [1.54, 1.807) is 12.3 Å². The maximum Gasteiger partial charge on any atom is 0.326 e. The number of carboxylic acid groups (broad SMARTS) is 1. The topological polar surface area (TPSA) is 49.3 Å². The Morgan fingerprint density at radius 1 is 1.67 bits per heavy atom. The number of aliphatic carboxylic acids is 1. The number of rotatable bonds is 5. The first kappa shape index (κ1) is 11.1. The SMILES string of the molecule is CC=CC=CN[C@@H](CS)C(=O)O. The average Bonchev–Trinajstić information content (AvgIpc) is 2.04. The van der Waals surface area contributed by atoms with Gasteiger partial charge in [-0.15, -0.1) is 0 Å². The standard InChI is InChI=1S/C8H13NO2S/c1-2-3-4-5-9-7(6-12)8(10)11/h2-5,7,9,12H,6H2,1H3,(H,10,11)/t7-/m0/s1. The van der Waals surface area contributed by atoms with Crippen LogP contribution in [0.5, 0.6) is 0 Å². The third-order valence-electron chi connectivity index (χ3n) is 1.18. The molecule has 0 aliphatic heterocycles. The molecule has 0 unspecified atom stereocenters. The second kappa shape index (κ2) is 6.79. The van der Waals surface area contributed by atoms with Gasteiger partial charge in [-0.25, -0.2) is 4.79 Å². The normalized spacial score (nSPS) is 13.8. The van der Waals surface area contributed by atoms with Crippen molar-refractivity contribution in [3.8, 4) is 0 Å². The molecule has 4 heteroatoms. The summed E-state index contributed by atoms with van der Waals surface area (Å²) in [4.78, 5) is 10.4. The van der Waals surface area contributed by atoms with Crippen LogP contribution in [-0.2, 0) is 4.79 Å². The highest BCUT2D eigenvalue weighted by Gasteiger charge is 2.11. The third-order valence-corrected chi connectivity index (χ3v) is 1.54. The first-order valence-electron chi connectivity index (χ1n) is 3.60. The monoisotopic (exact) mass is 187 g/mol. The van der Waals surface area contributed by atoms with Crippen LogP contribution in [0.1, 0.15) is 6.92 Å². The molecule has 0 saturated heterocycles. The maximum atomic E-state index is 10.4. The molecular weight excluding hydrogens is 174 g/mol. The number of carbonyl (C=O) groups is 1. The van der Waals surface area contributed by atoms with Crippen LogP contribution >= 0.6 is 12.6 Å². The molecule has 1 atom stereocenters. The van der Waals surface area contributed by atoms with Gasteiger partial charge in [0.1, 0.15) is 6.04 Å². The molecule has 12 heavy (non-hydrogen) atoms. The zero-order chi connectivity index (χ0) is 9.40. The van der Waals surface area contributed by atoms with Gasteiger partial charge < -0.3 is 10.4 Å². The van der Waals surface area contributed by atoms with Crippen LogP contribution in [0.2, 0.25) is 0 Å². The third kappa shape index (κ3) is 4.85. The molecule has 68 valence electrons. The smallest absolute Gasteiger partial charge is 0.326 e. The molecular formula is C8H13NO2S. The van der Waals surface area contributed by atoms with E-state index in [9.17, 15) is 4.79 Å². The molecule has 0 spiro atoms. The van der Waals surface area contributed by atoms with Crippen molar-refractivity contribution in [3.63, 3.8) is 0 Å². The maximum absolute atomic E-state index is 10.4. The summed E-state index contributed by atoms with van der Waals surface area (Å²) in [5.74, 6) is -0.620. The lowest BCUT2D eigenvalue weighted by Crippen LogP contribution is -2.34. The molecule has 2 N–H and O–H groups in total. The number of hydrogen-bond acceptors (Lipinski definition) is 3. The van der Waals surface area contributed by atoms with Gasteiger partial charge in [0.2, 0.25) is 0 Å². The zero-order valence-electron chi connectivity index (χ0n) is 6.90. The molecule has 0 rings (SSSR count). The largest absolute Gasteiger partial charge is 0.480 e. The van der Waals surface area contributed by atoms with Gasteiger partial charge in [-0.3, -0.25) is 0 Å². The molecule has 0 saturated carbocycles. The van der Waals surface area contributed by atoms with Crippen LogP contribution in [0.15, 0.2) is 24.4 Å². The van der Waals surface area contributed by atoms with Crippen LogP contribution in [0, 0.1) is 0 Å². The molecule has 3 nitrogen and oxygen atoms in total. The Bertz CT molecular complexity index is 189. The number of allylic oxidation sites excluding steroid dienone is 3. The van der Waals surface area contributed by atoms with E-state index >= 15 is 0 Å². The summed E-state index contributed by atoms with van der Waals surface area (Å²) < 4.78 is 0. The van der Waals surface area contributed by atoms with E-state index in [-0.39, 0.29) is 5.75 Å². The van der Waals surface area contributed by atoms with E-state index in [1.165, 1.54) is 0 Å². The van der Waals surface area contributed by atoms with E-state index in [4.69, 9.17) is 5.11 Å². The second-order valence-electron chi connectivity index (χ2n) is 2.12. The van der Waals surface area contributed by atoms with Crippen molar-refractivity contribution in [1.29, 1.82) is 0 Å². The fourth-order valence-electron chi connectivity index (χ4n) is 0.540. The number of carboxylic acids is 1. The summed E-state index contributed by atoms with van der Waals surface area (Å²) in [5, 5.41) is 11.3. The van der Waals surface area contributed by atoms with Gasteiger partial charge in [-0.2, -0.15) is 12.6 Å². The van der Waals surface area contributed by atoms with Crippen molar-refractivity contribution in [2.24, 2.45) is 0 Å². The Morgan fingerprint density at radius 2 is 2.33 bits per heavy atom. The molecule has 0 aliphatic carbocycles. The highest BCUT2D eigenvalue weighted by molar-refractivity contribution is 7.80. The summed E-state index contributed by atoms with van der Waals surface area (Å²) in [6.45, 7) is 1.89. The van der Waals surface area contributed by atoms with Crippen LogP contribution in [0.4, 0.5) is 0 Å². The molecule has 0 aliphatic rings. The first-order valence-corrected chi connectivity index (χ1v) is 4.23. The Hall–Kier alpha value is -0.900. The predicted molar refractivity (Wildman–Crippen MR) is 52.4 cm³/mol. The minimum atomic E-state index is -0.893. The van der Waals surface area contributed by atoms with Gasteiger partial charge in [-0.1, -0.05) is 12.2 Å². The molecule has 0 aromatic heterocycles. The summed E-state index contributed by atoms with van der Waals surface area (Å²) in [7, 11) is 0. The lowest BCUT2D eigenvalue weighted by atomic mass is 10.3. The van der Waals surface area contributed by atoms with Crippen molar-refractivity contribution in [2.45, 2.75) is 13.0 Å². The summed E-state index contributed by atoms with van der Waals surface area (Å²) in [6, 6.07) is -0.616. The van der Waals surface area contributed by atoms with Gasteiger partial charge in [0, 0.05) is 5.75 Å². The highest BCUT2D eigenvalue weighted by Crippen LogP contribution is 1.87. The van der Waals surface area contributed by atoms with E-state index in [2.05, 4.69) is 17.9 Å². The molecule has 0 amide bonds. The Kier molecular flexibility index (Phi) is 6.28. The second-order valence-corrected chi connectivity index (χ2v) is 2.49. The van der Waals surface area contributed by atoms with Crippen LogP contribution < -0.4 is 5.32 Å². The lowest BCUT2D eigenvalue weighted by Gasteiger charge is -2.07. The Balaban J connectivity index is 3.80.